The third-order valence-electron chi connectivity index (χ3n) is 5.39. The zero-order chi connectivity index (χ0) is 23.4. The van der Waals surface area contributed by atoms with Crippen molar-refractivity contribution >= 4 is 16.8 Å². The van der Waals surface area contributed by atoms with Crippen LogP contribution in [-0.2, 0) is 6.42 Å². The second-order valence-electron chi connectivity index (χ2n) is 7.52. The van der Waals surface area contributed by atoms with Crippen LogP contribution in [0.3, 0.4) is 0 Å². The molecule has 0 unspecified atom stereocenters. The maximum absolute atomic E-state index is 13.7. The van der Waals surface area contributed by atoms with Gasteiger partial charge in [0.1, 0.15) is 17.3 Å². The highest BCUT2D eigenvalue weighted by molar-refractivity contribution is 5.99. The number of benzene rings is 2. The van der Waals surface area contributed by atoms with Crippen LogP contribution in [0.5, 0.6) is 11.5 Å². The number of methoxy groups -OCH3 is 1. The summed E-state index contributed by atoms with van der Waals surface area (Å²) in [7, 11) is 1.48. The van der Waals surface area contributed by atoms with Crippen LogP contribution >= 0.6 is 0 Å². The van der Waals surface area contributed by atoms with Gasteiger partial charge in [0, 0.05) is 41.4 Å². The van der Waals surface area contributed by atoms with Gasteiger partial charge in [0.15, 0.2) is 0 Å². The number of halogens is 1. The Morgan fingerprint density at radius 3 is 2.73 bits per heavy atom. The topological polar surface area (TPSA) is 89.1 Å². The summed E-state index contributed by atoms with van der Waals surface area (Å²) >= 11 is 0. The van der Waals surface area contributed by atoms with Gasteiger partial charge in [-0.15, -0.1) is 0 Å². The first-order valence-corrected chi connectivity index (χ1v) is 10.7. The number of fused-ring (bicyclic) bond motifs is 1. The number of hydrogen-bond acceptors (Lipinski definition) is 5. The van der Waals surface area contributed by atoms with Crippen molar-refractivity contribution in [3.05, 3.63) is 71.3 Å². The van der Waals surface area contributed by atoms with Crippen LogP contribution in [-0.4, -0.2) is 41.3 Å². The summed E-state index contributed by atoms with van der Waals surface area (Å²) in [6, 6.07) is 11.4. The maximum Gasteiger partial charge on any atom is 0.251 e. The van der Waals surface area contributed by atoms with Crippen molar-refractivity contribution in [1.29, 1.82) is 0 Å². The van der Waals surface area contributed by atoms with Gasteiger partial charge in [-0.2, -0.15) is 5.10 Å². The highest BCUT2D eigenvalue weighted by atomic mass is 19.1. The standard InChI is InChI=1S/C25H25FN4O3/c1-4-33-24-13-22(19-8-6-18(26)12-23(19)32-3)29-21-11-16(5-7-20(21)24)25(31)27-10-9-17-14-28-30-15(17)2/h5-8,11-14H,4,9-10H2,1-3H3,(H,27,31)(H,28,30). The number of aryl methyl sites for hydroxylation is 1. The molecule has 0 saturated carbocycles. The summed E-state index contributed by atoms with van der Waals surface area (Å²) in [5, 5.41) is 10.6. The van der Waals surface area contributed by atoms with E-state index in [1.54, 1.807) is 24.3 Å². The van der Waals surface area contributed by atoms with E-state index in [1.165, 1.54) is 19.2 Å². The number of ether oxygens (including phenoxy) is 2. The van der Waals surface area contributed by atoms with E-state index in [0.29, 0.717) is 53.4 Å². The zero-order valence-electron chi connectivity index (χ0n) is 18.7. The summed E-state index contributed by atoms with van der Waals surface area (Å²) < 4.78 is 24.9. The number of aromatic nitrogens is 3. The number of aromatic amines is 1. The van der Waals surface area contributed by atoms with Gasteiger partial charge in [-0.25, -0.2) is 9.37 Å². The van der Waals surface area contributed by atoms with Gasteiger partial charge in [0.2, 0.25) is 0 Å². The number of hydrogen-bond donors (Lipinski definition) is 2. The SMILES string of the molecule is CCOc1cc(-c2ccc(F)cc2OC)nc2cc(C(=O)NCCc3c[nH]nc3C)ccc12. The van der Waals surface area contributed by atoms with Crippen molar-refractivity contribution in [2.45, 2.75) is 20.3 Å². The summed E-state index contributed by atoms with van der Waals surface area (Å²) in [6.45, 7) is 4.77. The van der Waals surface area contributed by atoms with Crippen molar-refractivity contribution < 1.29 is 18.7 Å². The summed E-state index contributed by atoms with van der Waals surface area (Å²) in [6.07, 6.45) is 2.52. The predicted molar refractivity (Wildman–Crippen MR) is 124 cm³/mol. The number of rotatable bonds is 8. The lowest BCUT2D eigenvalue weighted by atomic mass is 10.1. The molecule has 0 spiro atoms. The number of amides is 1. The molecule has 33 heavy (non-hydrogen) atoms. The van der Waals surface area contributed by atoms with Crippen molar-refractivity contribution in [3.8, 4) is 22.8 Å². The highest BCUT2D eigenvalue weighted by Crippen LogP contribution is 2.35. The van der Waals surface area contributed by atoms with Crippen molar-refractivity contribution in [3.63, 3.8) is 0 Å². The first-order chi connectivity index (χ1) is 16.0. The summed E-state index contributed by atoms with van der Waals surface area (Å²) in [4.78, 5) is 17.5. The van der Waals surface area contributed by atoms with E-state index >= 15 is 0 Å². The third kappa shape index (κ3) is 4.79. The number of nitrogens with one attached hydrogen (secondary N) is 2. The zero-order valence-corrected chi connectivity index (χ0v) is 18.7. The lowest BCUT2D eigenvalue weighted by Crippen LogP contribution is -2.25. The Morgan fingerprint density at radius 1 is 1.15 bits per heavy atom. The second kappa shape index (κ2) is 9.68. The Labute approximate surface area is 191 Å². The number of carbonyl (C=O) groups excluding carboxylic acids is 1. The van der Waals surface area contributed by atoms with Crippen LogP contribution in [0.1, 0.15) is 28.5 Å². The highest BCUT2D eigenvalue weighted by Gasteiger charge is 2.15. The van der Waals surface area contributed by atoms with E-state index in [1.807, 2.05) is 26.1 Å². The first-order valence-electron chi connectivity index (χ1n) is 10.7. The van der Waals surface area contributed by atoms with Gasteiger partial charge in [-0.3, -0.25) is 9.89 Å². The fourth-order valence-electron chi connectivity index (χ4n) is 3.68. The Morgan fingerprint density at radius 2 is 2.00 bits per heavy atom. The molecule has 8 heteroatoms. The van der Waals surface area contributed by atoms with E-state index in [9.17, 15) is 9.18 Å². The number of nitrogens with zero attached hydrogens (tertiary/aromatic N) is 2. The van der Waals surface area contributed by atoms with E-state index in [2.05, 4.69) is 15.5 Å². The van der Waals surface area contributed by atoms with Crippen molar-refractivity contribution in [2.24, 2.45) is 0 Å². The minimum atomic E-state index is -0.397. The fourth-order valence-corrected chi connectivity index (χ4v) is 3.68. The van der Waals surface area contributed by atoms with Crippen LogP contribution in [0.25, 0.3) is 22.2 Å². The Balaban J connectivity index is 1.65. The molecule has 4 aromatic rings. The molecule has 170 valence electrons. The molecule has 2 heterocycles. The Bertz CT molecular complexity index is 1300. The molecule has 0 radical (unpaired) electrons. The fraction of sp³-hybridized carbons (Fsp3) is 0.240. The van der Waals surface area contributed by atoms with Gasteiger partial charge in [-0.1, -0.05) is 0 Å². The van der Waals surface area contributed by atoms with Crippen LogP contribution in [0.4, 0.5) is 4.39 Å². The molecule has 0 saturated heterocycles. The van der Waals surface area contributed by atoms with Gasteiger partial charge < -0.3 is 14.8 Å². The minimum absolute atomic E-state index is 0.192. The largest absolute Gasteiger partial charge is 0.496 e. The summed E-state index contributed by atoms with van der Waals surface area (Å²) in [5.74, 6) is 0.410. The van der Waals surface area contributed by atoms with Crippen LogP contribution < -0.4 is 14.8 Å². The Hall–Kier alpha value is -3.94. The van der Waals surface area contributed by atoms with Crippen molar-refractivity contribution in [1.82, 2.24) is 20.5 Å². The first kappa shape index (κ1) is 22.3. The molecular formula is C25H25FN4O3. The lowest BCUT2D eigenvalue weighted by Gasteiger charge is -2.13. The molecule has 2 aromatic carbocycles. The Kier molecular flexibility index (Phi) is 6.53. The molecule has 0 aliphatic rings. The normalized spacial score (nSPS) is 10.9. The predicted octanol–water partition coefficient (Wildman–Crippen LogP) is 4.45. The van der Waals surface area contributed by atoms with Gasteiger partial charge in [-0.05, 0) is 56.2 Å². The molecule has 0 fully saturated rings. The summed E-state index contributed by atoms with van der Waals surface area (Å²) in [5.41, 5.74) is 4.27. The number of carbonyl (C=O) groups is 1. The van der Waals surface area contributed by atoms with E-state index in [-0.39, 0.29) is 5.91 Å². The molecule has 0 atom stereocenters. The number of pyridine rings is 1. The lowest BCUT2D eigenvalue weighted by molar-refractivity contribution is 0.0954. The third-order valence-corrected chi connectivity index (χ3v) is 5.39. The molecule has 2 N–H and O–H groups in total. The maximum atomic E-state index is 13.7. The van der Waals surface area contributed by atoms with E-state index in [4.69, 9.17) is 14.5 Å². The molecule has 1 amide bonds. The van der Waals surface area contributed by atoms with Crippen LogP contribution in [0.15, 0.2) is 48.7 Å². The van der Waals surface area contributed by atoms with Crippen LogP contribution in [0.2, 0.25) is 0 Å². The monoisotopic (exact) mass is 448 g/mol. The van der Waals surface area contributed by atoms with Gasteiger partial charge >= 0.3 is 0 Å². The second-order valence-corrected chi connectivity index (χ2v) is 7.52. The molecule has 2 aromatic heterocycles. The number of H-pyrrole nitrogens is 1. The van der Waals surface area contributed by atoms with Crippen LogP contribution in [0, 0.1) is 12.7 Å². The average Bonchev–Trinajstić information content (AvgIpc) is 3.23. The minimum Gasteiger partial charge on any atom is -0.496 e. The van der Waals surface area contributed by atoms with Gasteiger partial charge in [0.25, 0.3) is 5.91 Å². The van der Waals surface area contributed by atoms with Crippen molar-refractivity contribution in [2.75, 3.05) is 20.3 Å². The van der Waals surface area contributed by atoms with Gasteiger partial charge in [0.05, 0.1) is 30.6 Å². The van der Waals surface area contributed by atoms with E-state index in [0.717, 1.165) is 16.6 Å². The molecule has 7 nitrogen and oxygen atoms in total. The molecule has 0 bridgehead atoms. The molecule has 0 aliphatic carbocycles. The average molecular weight is 448 g/mol. The quantitative estimate of drug-likeness (QED) is 0.416. The smallest absolute Gasteiger partial charge is 0.251 e. The molecule has 0 aliphatic heterocycles. The van der Waals surface area contributed by atoms with E-state index < -0.39 is 5.82 Å². The molecular weight excluding hydrogens is 423 g/mol. The molecule has 4 rings (SSSR count).